The summed E-state index contributed by atoms with van der Waals surface area (Å²) < 4.78 is 5.37. The number of rotatable bonds is 10. The maximum absolute atomic E-state index is 13.9. The van der Waals surface area contributed by atoms with E-state index in [9.17, 15) is 24.6 Å². The second-order valence-corrected chi connectivity index (χ2v) is 9.80. The second kappa shape index (κ2) is 12.9. The molecule has 0 aliphatic rings. The van der Waals surface area contributed by atoms with Crippen LogP contribution in [0.25, 0.3) is 0 Å². The third kappa shape index (κ3) is 8.88. The van der Waals surface area contributed by atoms with Crippen molar-refractivity contribution in [3.05, 3.63) is 65.7 Å². The first kappa shape index (κ1) is 28.6. The lowest BCUT2D eigenvalue weighted by Crippen LogP contribution is -2.54. The maximum Gasteiger partial charge on any atom is 0.408 e. The van der Waals surface area contributed by atoms with E-state index in [1.54, 1.807) is 63.2 Å². The second-order valence-electron chi connectivity index (χ2n) is 9.80. The first-order chi connectivity index (χ1) is 16.9. The lowest BCUT2D eigenvalue weighted by atomic mass is 10.00. The van der Waals surface area contributed by atoms with Crippen LogP contribution in [0, 0.1) is 0 Å². The van der Waals surface area contributed by atoms with Gasteiger partial charge in [-0.15, -0.1) is 0 Å². The molecular weight excluding hydrogens is 462 g/mol. The van der Waals surface area contributed by atoms with Crippen molar-refractivity contribution in [1.29, 1.82) is 0 Å². The lowest BCUT2D eigenvalue weighted by molar-refractivity contribution is -0.143. The Morgan fingerprint density at radius 1 is 0.972 bits per heavy atom. The van der Waals surface area contributed by atoms with Crippen LogP contribution in [0.15, 0.2) is 54.6 Å². The van der Waals surface area contributed by atoms with Crippen molar-refractivity contribution in [3.63, 3.8) is 0 Å². The third-order valence-corrected chi connectivity index (χ3v) is 5.10. The van der Waals surface area contributed by atoms with E-state index < -0.39 is 35.6 Å². The predicted octanol–water partition coefficient (Wildman–Crippen LogP) is 2.91. The number of hydrogen-bond acceptors (Lipinski definition) is 6. The molecule has 0 heterocycles. The van der Waals surface area contributed by atoms with Crippen molar-refractivity contribution >= 4 is 17.9 Å². The average molecular weight is 500 g/mol. The minimum atomic E-state index is -1.10. The smallest absolute Gasteiger partial charge is 0.408 e. The van der Waals surface area contributed by atoms with Gasteiger partial charge in [0.05, 0.1) is 6.61 Å². The number of phenols is 1. The molecule has 0 aliphatic carbocycles. The molecule has 2 atom stereocenters. The Kier molecular flexibility index (Phi) is 10.3. The highest BCUT2D eigenvalue weighted by molar-refractivity contribution is 5.92. The lowest BCUT2D eigenvalue weighted by Gasteiger charge is -2.34. The number of hydrogen-bond donors (Lipinski definition) is 4. The molecule has 0 aromatic heterocycles. The number of nitrogens with one attached hydrogen (secondary N) is 2. The van der Waals surface area contributed by atoms with Crippen molar-refractivity contribution in [2.24, 2.45) is 0 Å². The molecule has 4 N–H and O–H groups in total. The number of aromatic hydroxyl groups is 1. The Bertz CT molecular complexity index is 1000. The summed E-state index contributed by atoms with van der Waals surface area (Å²) in [7, 11) is 0. The number of alkyl carbamates (subject to hydrolysis) is 1. The first-order valence-corrected chi connectivity index (χ1v) is 12.0. The van der Waals surface area contributed by atoms with Crippen molar-refractivity contribution in [1.82, 2.24) is 15.5 Å². The quantitative estimate of drug-likeness (QED) is 0.398. The van der Waals surface area contributed by atoms with Gasteiger partial charge in [-0.2, -0.15) is 0 Å². The summed E-state index contributed by atoms with van der Waals surface area (Å²) in [5.41, 5.74) is 0.456. The molecule has 36 heavy (non-hydrogen) atoms. The Labute approximate surface area is 212 Å². The van der Waals surface area contributed by atoms with Gasteiger partial charge in [0, 0.05) is 19.0 Å². The zero-order valence-electron chi connectivity index (χ0n) is 21.5. The number of phenolic OH excluding ortho intramolecular Hbond substituents is 1. The van der Waals surface area contributed by atoms with Crippen LogP contribution in [0.3, 0.4) is 0 Å². The molecule has 0 saturated heterocycles. The average Bonchev–Trinajstić information content (AvgIpc) is 2.78. The predicted molar refractivity (Wildman–Crippen MR) is 136 cm³/mol. The normalized spacial score (nSPS) is 13.0. The van der Waals surface area contributed by atoms with Gasteiger partial charge in [0.25, 0.3) is 0 Å². The molecule has 0 radical (unpaired) electrons. The molecule has 3 amide bonds. The van der Waals surface area contributed by atoms with E-state index in [1.807, 2.05) is 13.8 Å². The molecular formula is C27H37N3O6. The molecule has 0 bridgehead atoms. The highest BCUT2D eigenvalue weighted by atomic mass is 16.6. The summed E-state index contributed by atoms with van der Waals surface area (Å²) in [6.07, 6.45) is -0.709. The topological polar surface area (TPSA) is 128 Å². The van der Waals surface area contributed by atoms with Crippen molar-refractivity contribution in [3.8, 4) is 5.75 Å². The number of aliphatic hydroxyl groups excluding tert-OH is 1. The standard InChI is InChI=1S/C27H37N3O6/c1-18(2)28-24(33)23(20-9-7-6-8-10-20)30(15-16-31)25(34)22(29-26(35)36-27(3,4)5)17-19-11-13-21(32)14-12-19/h6-14,18,22-23,31-32H,15-17H2,1-5H3,(H,28,33)(H,29,35). The Balaban J connectivity index is 2.48. The number of aliphatic hydroxyl groups is 1. The van der Waals surface area contributed by atoms with E-state index in [-0.39, 0.29) is 31.4 Å². The molecule has 196 valence electrons. The van der Waals surface area contributed by atoms with Gasteiger partial charge in [0.2, 0.25) is 11.8 Å². The van der Waals surface area contributed by atoms with Crippen molar-refractivity contribution in [2.45, 2.75) is 64.8 Å². The fourth-order valence-corrected chi connectivity index (χ4v) is 3.66. The highest BCUT2D eigenvalue weighted by Gasteiger charge is 2.36. The Hall–Kier alpha value is -3.59. The van der Waals surface area contributed by atoms with Gasteiger partial charge in [-0.1, -0.05) is 42.5 Å². The summed E-state index contributed by atoms with van der Waals surface area (Å²) in [5, 5.41) is 24.9. The SMILES string of the molecule is CC(C)NC(=O)C(c1ccccc1)N(CCO)C(=O)C(Cc1ccc(O)cc1)NC(=O)OC(C)(C)C. The molecule has 0 aliphatic heterocycles. The van der Waals surface area contributed by atoms with E-state index >= 15 is 0 Å². The van der Waals surface area contributed by atoms with Gasteiger partial charge in [0.15, 0.2) is 0 Å². The number of amides is 3. The van der Waals surface area contributed by atoms with Crippen LogP contribution < -0.4 is 10.6 Å². The first-order valence-electron chi connectivity index (χ1n) is 12.0. The Morgan fingerprint density at radius 3 is 2.11 bits per heavy atom. The number of nitrogens with zero attached hydrogens (tertiary/aromatic N) is 1. The minimum Gasteiger partial charge on any atom is -0.508 e. The highest BCUT2D eigenvalue weighted by Crippen LogP contribution is 2.23. The van der Waals surface area contributed by atoms with Gasteiger partial charge in [-0.3, -0.25) is 9.59 Å². The molecule has 9 nitrogen and oxygen atoms in total. The van der Waals surface area contributed by atoms with Gasteiger partial charge in [0.1, 0.15) is 23.4 Å². The number of carbonyl (C=O) groups excluding carboxylic acids is 3. The maximum atomic E-state index is 13.9. The fraction of sp³-hybridized carbons (Fsp3) is 0.444. The fourth-order valence-electron chi connectivity index (χ4n) is 3.66. The van der Waals surface area contributed by atoms with Crippen molar-refractivity contribution in [2.75, 3.05) is 13.2 Å². The van der Waals surface area contributed by atoms with Gasteiger partial charge in [-0.05, 0) is 57.9 Å². The van der Waals surface area contributed by atoms with E-state index in [0.717, 1.165) is 0 Å². The van der Waals surface area contributed by atoms with Crippen LogP contribution in [0.4, 0.5) is 4.79 Å². The van der Waals surface area contributed by atoms with Gasteiger partial charge in [-0.25, -0.2) is 4.79 Å². The van der Waals surface area contributed by atoms with Crippen LogP contribution in [-0.2, 0) is 20.7 Å². The van der Waals surface area contributed by atoms with E-state index in [0.29, 0.717) is 11.1 Å². The number of benzene rings is 2. The number of ether oxygens (including phenoxy) is 1. The van der Waals surface area contributed by atoms with Crippen LogP contribution >= 0.6 is 0 Å². The van der Waals surface area contributed by atoms with Crippen LogP contribution in [-0.4, -0.2) is 63.9 Å². The zero-order chi connectivity index (χ0) is 26.9. The van der Waals surface area contributed by atoms with Crippen LogP contribution in [0.1, 0.15) is 51.8 Å². The summed E-state index contributed by atoms with van der Waals surface area (Å²) in [6, 6.07) is 12.7. The molecule has 2 unspecified atom stereocenters. The molecule has 0 spiro atoms. The van der Waals surface area contributed by atoms with Crippen LogP contribution in [0.2, 0.25) is 0 Å². The van der Waals surface area contributed by atoms with Gasteiger partial charge < -0.3 is 30.5 Å². The molecule has 2 rings (SSSR count). The minimum absolute atomic E-state index is 0.0677. The summed E-state index contributed by atoms with van der Waals surface area (Å²) in [6.45, 7) is 8.25. The van der Waals surface area contributed by atoms with Crippen molar-refractivity contribution < 1.29 is 29.3 Å². The van der Waals surface area contributed by atoms with E-state index in [4.69, 9.17) is 4.74 Å². The molecule has 9 heteroatoms. The molecule has 2 aromatic rings. The Morgan fingerprint density at radius 2 is 1.58 bits per heavy atom. The summed E-state index contributed by atoms with van der Waals surface area (Å²) in [5.74, 6) is -0.896. The molecule has 2 aromatic carbocycles. The summed E-state index contributed by atoms with van der Waals surface area (Å²) >= 11 is 0. The molecule has 0 saturated carbocycles. The largest absolute Gasteiger partial charge is 0.508 e. The van der Waals surface area contributed by atoms with Crippen LogP contribution in [0.5, 0.6) is 5.75 Å². The zero-order valence-corrected chi connectivity index (χ0v) is 21.5. The summed E-state index contributed by atoms with van der Waals surface area (Å²) in [4.78, 5) is 41.1. The van der Waals surface area contributed by atoms with Gasteiger partial charge >= 0.3 is 6.09 Å². The third-order valence-electron chi connectivity index (χ3n) is 5.10. The monoisotopic (exact) mass is 499 g/mol. The van der Waals surface area contributed by atoms with E-state index in [2.05, 4.69) is 10.6 Å². The molecule has 0 fully saturated rings. The van der Waals surface area contributed by atoms with E-state index in [1.165, 1.54) is 17.0 Å². The number of carbonyl (C=O) groups is 3.